The highest BCUT2D eigenvalue weighted by Crippen LogP contribution is 2.54. The standard InChI is InChI=1S/C15H17NO3S/c17-15(12-7-11(12)9-5-6-9)16-13-8-20(18,19)14-4-2-1-3-10(13)14/h1-4,9,11-13H,5-8H2,(H,16,17). The fraction of sp³-hybridized carbons (Fsp3) is 0.533. The van der Waals surface area contributed by atoms with Crippen LogP contribution in [0.15, 0.2) is 29.2 Å². The highest BCUT2D eigenvalue weighted by molar-refractivity contribution is 7.91. The predicted molar refractivity (Wildman–Crippen MR) is 73.7 cm³/mol. The van der Waals surface area contributed by atoms with Crippen LogP contribution in [0.3, 0.4) is 0 Å². The Kier molecular flexibility index (Phi) is 2.52. The molecule has 1 aromatic carbocycles. The van der Waals surface area contributed by atoms with Gasteiger partial charge in [0.1, 0.15) is 0 Å². The molecule has 3 aliphatic rings. The number of carbonyl (C=O) groups excluding carboxylic acids is 1. The van der Waals surface area contributed by atoms with Gasteiger partial charge in [-0.15, -0.1) is 0 Å². The van der Waals surface area contributed by atoms with E-state index in [-0.39, 0.29) is 23.6 Å². The number of benzene rings is 1. The van der Waals surface area contributed by atoms with E-state index in [2.05, 4.69) is 5.32 Å². The molecule has 106 valence electrons. The van der Waals surface area contributed by atoms with Crippen LogP contribution < -0.4 is 5.32 Å². The van der Waals surface area contributed by atoms with Crippen molar-refractivity contribution in [2.45, 2.75) is 30.2 Å². The average molecular weight is 291 g/mol. The van der Waals surface area contributed by atoms with Crippen molar-refractivity contribution in [3.63, 3.8) is 0 Å². The summed E-state index contributed by atoms with van der Waals surface area (Å²) in [5.41, 5.74) is 0.740. The molecular formula is C15H17NO3S. The molecule has 5 heteroatoms. The molecule has 1 aliphatic heterocycles. The summed E-state index contributed by atoms with van der Waals surface area (Å²) in [6.07, 6.45) is 3.50. The Balaban J connectivity index is 1.51. The fourth-order valence-corrected chi connectivity index (χ4v) is 5.15. The largest absolute Gasteiger partial charge is 0.348 e. The monoisotopic (exact) mass is 291 g/mol. The summed E-state index contributed by atoms with van der Waals surface area (Å²) < 4.78 is 24.1. The van der Waals surface area contributed by atoms with Gasteiger partial charge in [0.15, 0.2) is 9.84 Å². The van der Waals surface area contributed by atoms with Gasteiger partial charge in [-0.3, -0.25) is 4.79 Å². The third kappa shape index (κ3) is 1.95. The predicted octanol–water partition coefficient (Wildman–Crippen LogP) is 1.68. The molecule has 0 aromatic heterocycles. The second-order valence-electron chi connectivity index (χ2n) is 6.22. The van der Waals surface area contributed by atoms with Gasteiger partial charge < -0.3 is 5.32 Å². The highest BCUT2D eigenvalue weighted by Gasteiger charge is 2.51. The first kappa shape index (κ1) is 12.4. The van der Waals surface area contributed by atoms with E-state index in [9.17, 15) is 13.2 Å². The van der Waals surface area contributed by atoms with Crippen molar-refractivity contribution < 1.29 is 13.2 Å². The minimum atomic E-state index is -3.24. The van der Waals surface area contributed by atoms with Crippen LogP contribution in [0.1, 0.15) is 30.9 Å². The molecule has 1 amide bonds. The third-order valence-corrected chi connectivity index (χ3v) is 6.55. The second-order valence-corrected chi connectivity index (χ2v) is 8.23. The highest BCUT2D eigenvalue weighted by atomic mass is 32.2. The zero-order chi connectivity index (χ0) is 13.9. The van der Waals surface area contributed by atoms with Gasteiger partial charge >= 0.3 is 0 Å². The van der Waals surface area contributed by atoms with Crippen molar-refractivity contribution in [3.05, 3.63) is 29.8 Å². The van der Waals surface area contributed by atoms with Crippen LogP contribution in [-0.4, -0.2) is 20.1 Å². The van der Waals surface area contributed by atoms with Gasteiger partial charge in [0.2, 0.25) is 5.91 Å². The van der Waals surface area contributed by atoms with Crippen LogP contribution in [0, 0.1) is 17.8 Å². The first-order chi connectivity index (χ1) is 9.56. The molecule has 0 bridgehead atoms. The van der Waals surface area contributed by atoms with Gasteiger partial charge in [0, 0.05) is 5.92 Å². The Morgan fingerprint density at radius 3 is 2.70 bits per heavy atom. The number of nitrogens with one attached hydrogen (secondary N) is 1. The first-order valence-electron chi connectivity index (χ1n) is 7.18. The Morgan fingerprint density at radius 2 is 1.95 bits per heavy atom. The summed E-state index contributed by atoms with van der Waals surface area (Å²) in [5, 5.41) is 2.95. The van der Waals surface area contributed by atoms with Crippen LogP contribution in [0.5, 0.6) is 0 Å². The van der Waals surface area contributed by atoms with E-state index >= 15 is 0 Å². The van der Waals surface area contributed by atoms with Crippen LogP contribution in [0.4, 0.5) is 0 Å². The van der Waals surface area contributed by atoms with Gasteiger partial charge in [-0.1, -0.05) is 18.2 Å². The molecule has 2 saturated carbocycles. The smallest absolute Gasteiger partial charge is 0.223 e. The van der Waals surface area contributed by atoms with Gasteiger partial charge in [-0.25, -0.2) is 8.42 Å². The third-order valence-electron chi connectivity index (χ3n) is 4.74. The summed E-state index contributed by atoms with van der Waals surface area (Å²) in [7, 11) is -3.24. The maximum absolute atomic E-state index is 12.2. The summed E-state index contributed by atoms with van der Waals surface area (Å²) in [4.78, 5) is 12.6. The van der Waals surface area contributed by atoms with Gasteiger partial charge in [-0.2, -0.15) is 0 Å². The Labute approximate surface area is 118 Å². The molecular weight excluding hydrogens is 274 g/mol. The topological polar surface area (TPSA) is 63.2 Å². The second kappa shape index (κ2) is 4.07. The lowest BCUT2D eigenvalue weighted by molar-refractivity contribution is -0.123. The SMILES string of the molecule is O=C(NC1CS(=O)(=O)c2ccccc21)C1CC1C1CC1. The Hall–Kier alpha value is -1.36. The van der Waals surface area contributed by atoms with Crippen LogP contribution in [0.25, 0.3) is 0 Å². The van der Waals surface area contributed by atoms with E-state index < -0.39 is 9.84 Å². The molecule has 4 rings (SSSR count). The molecule has 1 aromatic rings. The molecule has 2 fully saturated rings. The van der Waals surface area contributed by atoms with Crippen LogP contribution >= 0.6 is 0 Å². The summed E-state index contributed by atoms with van der Waals surface area (Å²) in [6, 6.07) is 6.61. The summed E-state index contributed by atoms with van der Waals surface area (Å²) >= 11 is 0. The zero-order valence-electron chi connectivity index (χ0n) is 11.1. The van der Waals surface area contributed by atoms with Crippen molar-refractivity contribution in [3.8, 4) is 0 Å². The molecule has 4 nitrogen and oxygen atoms in total. The molecule has 3 atom stereocenters. The number of sulfone groups is 1. The minimum Gasteiger partial charge on any atom is -0.348 e. The van der Waals surface area contributed by atoms with Crippen LogP contribution in [-0.2, 0) is 14.6 Å². The quantitative estimate of drug-likeness (QED) is 0.921. The average Bonchev–Trinajstić information content (AvgIpc) is 3.27. The van der Waals surface area contributed by atoms with Crippen molar-refractivity contribution in [2.75, 3.05) is 5.75 Å². The van der Waals surface area contributed by atoms with E-state index in [1.807, 2.05) is 6.07 Å². The maximum atomic E-state index is 12.2. The molecule has 1 heterocycles. The van der Waals surface area contributed by atoms with Crippen molar-refractivity contribution >= 4 is 15.7 Å². The number of amides is 1. The lowest BCUT2D eigenvalue weighted by Gasteiger charge is -2.12. The maximum Gasteiger partial charge on any atom is 0.223 e. The lowest BCUT2D eigenvalue weighted by atomic mass is 10.1. The van der Waals surface area contributed by atoms with Gasteiger partial charge in [-0.05, 0) is 42.7 Å². The summed E-state index contributed by atoms with van der Waals surface area (Å²) in [6.45, 7) is 0. The number of hydrogen-bond acceptors (Lipinski definition) is 3. The lowest BCUT2D eigenvalue weighted by Crippen LogP contribution is -2.31. The van der Waals surface area contributed by atoms with Gasteiger partial charge in [0.25, 0.3) is 0 Å². The first-order valence-corrected chi connectivity index (χ1v) is 8.83. The molecule has 0 saturated heterocycles. The van der Waals surface area contributed by atoms with Crippen molar-refractivity contribution in [1.29, 1.82) is 0 Å². The van der Waals surface area contributed by atoms with E-state index in [4.69, 9.17) is 0 Å². The molecule has 0 radical (unpaired) electrons. The number of fused-ring (bicyclic) bond motifs is 1. The Morgan fingerprint density at radius 1 is 1.20 bits per heavy atom. The van der Waals surface area contributed by atoms with Gasteiger partial charge in [0.05, 0.1) is 16.7 Å². The van der Waals surface area contributed by atoms with Crippen LogP contribution in [0.2, 0.25) is 0 Å². The zero-order valence-corrected chi connectivity index (χ0v) is 11.9. The van der Waals surface area contributed by atoms with E-state index in [0.717, 1.165) is 17.9 Å². The molecule has 20 heavy (non-hydrogen) atoms. The Bertz CT molecular complexity index is 678. The molecule has 0 spiro atoms. The minimum absolute atomic E-state index is 0.00109. The van der Waals surface area contributed by atoms with Crippen molar-refractivity contribution in [2.24, 2.45) is 17.8 Å². The molecule has 1 N–H and O–H groups in total. The van der Waals surface area contributed by atoms with E-state index in [0.29, 0.717) is 10.8 Å². The normalized spacial score (nSPS) is 33.5. The molecule has 2 aliphatic carbocycles. The fourth-order valence-electron chi connectivity index (χ4n) is 3.41. The number of rotatable bonds is 3. The summed E-state index contributed by atoms with van der Waals surface area (Å²) in [5.74, 6) is 1.48. The van der Waals surface area contributed by atoms with Crippen molar-refractivity contribution in [1.82, 2.24) is 5.32 Å². The van der Waals surface area contributed by atoms with E-state index in [1.165, 1.54) is 12.8 Å². The number of carbonyl (C=O) groups is 1. The number of hydrogen-bond donors (Lipinski definition) is 1. The van der Waals surface area contributed by atoms with E-state index in [1.54, 1.807) is 18.2 Å². The molecule has 3 unspecified atom stereocenters.